The Morgan fingerprint density at radius 2 is 2.00 bits per heavy atom. The van der Waals surface area contributed by atoms with Gasteiger partial charge in [0, 0.05) is 27.3 Å². The first-order chi connectivity index (χ1) is 9.27. The maximum Gasteiger partial charge on any atom is 0.413 e. The fraction of sp³-hybridized carbons (Fsp3) is 0.333. The normalized spacial score (nSPS) is 10.8. The molecule has 106 valence electrons. The SMILES string of the molecule is Cc1nc(N(C)C(=O)O)sc1C(=O)/C(C#N)=C\N(C)C. The molecule has 8 heteroatoms. The minimum Gasteiger partial charge on any atom is -0.465 e. The molecule has 1 rings (SSSR count). The van der Waals surface area contributed by atoms with Crippen LogP contribution in [-0.2, 0) is 0 Å². The summed E-state index contributed by atoms with van der Waals surface area (Å²) in [6.07, 6.45) is 0.254. The number of nitrogens with zero attached hydrogens (tertiary/aromatic N) is 4. The molecule has 1 aromatic rings. The topological polar surface area (TPSA) is 97.5 Å². The number of hydrogen-bond donors (Lipinski definition) is 1. The van der Waals surface area contributed by atoms with Crippen molar-refractivity contribution >= 4 is 28.3 Å². The Morgan fingerprint density at radius 3 is 2.45 bits per heavy atom. The lowest BCUT2D eigenvalue weighted by molar-refractivity contribution is 0.104. The van der Waals surface area contributed by atoms with Gasteiger partial charge in [0.15, 0.2) is 5.13 Å². The van der Waals surface area contributed by atoms with E-state index in [-0.39, 0.29) is 15.6 Å². The maximum atomic E-state index is 12.2. The van der Waals surface area contributed by atoms with Crippen LogP contribution in [-0.4, -0.2) is 48.0 Å². The van der Waals surface area contributed by atoms with Crippen molar-refractivity contribution in [2.45, 2.75) is 6.92 Å². The van der Waals surface area contributed by atoms with Gasteiger partial charge in [0.25, 0.3) is 0 Å². The first-order valence-electron chi connectivity index (χ1n) is 5.55. The molecule has 0 aliphatic rings. The van der Waals surface area contributed by atoms with Gasteiger partial charge in [-0.05, 0) is 6.92 Å². The Kier molecular flexibility index (Phi) is 4.83. The summed E-state index contributed by atoms with van der Waals surface area (Å²) in [6.45, 7) is 1.60. The van der Waals surface area contributed by atoms with Gasteiger partial charge in [-0.2, -0.15) is 5.26 Å². The van der Waals surface area contributed by atoms with E-state index in [4.69, 9.17) is 10.4 Å². The van der Waals surface area contributed by atoms with Crippen molar-refractivity contribution in [3.05, 3.63) is 22.3 Å². The van der Waals surface area contributed by atoms with Gasteiger partial charge < -0.3 is 10.0 Å². The molecular formula is C12H14N4O3S. The number of amides is 1. The molecule has 0 fully saturated rings. The predicted octanol–water partition coefficient (Wildman–Crippen LogP) is 1.72. The Hall–Kier alpha value is -2.40. The second kappa shape index (κ2) is 6.16. The molecule has 0 atom stereocenters. The first kappa shape index (κ1) is 15.7. The molecule has 0 bridgehead atoms. The van der Waals surface area contributed by atoms with Crippen molar-refractivity contribution in [3.63, 3.8) is 0 Å². The fourth-order valence-electron chi connectivity index (χ4n) is 1.34. The molecule has 0 unspecified atom stereocenters. The zero-order chi connectivity index (χ0) is 15.4. The number of Topliss-reactive ketones (excluding diaryl/α,β-unsaturated/α-hetero) is 1. The van der Waals surface area contributed by atoms with E-state index in [0.29, 0.717) is 5.69 Å². The summed E-state index contributed by atoms with van der Waals surface area (Å²) in [5, 5.41) is 18.1. The standard InChI is InChI=1S/C12H14N4O3S/c1-7-10(9(17)8(5-13)6-15(2)3)20-11(14-7)16(4)12(18)19/h6H,1-4H3,(H,18,19)/b8-6-. The third-order valence-corrected chi connectivity index (χ3v) is 3.55. The Labute approximate surface area is 120 Å². The zero-order valence-electron chi connectivity index (χ0n) is 11.5. The van der Waals surface area contributed by atoms with Crippen LogP contribution in [0.2, 0.25) is 0 Å². The number of nitriles is 1. The number of ketones is 1. The molecule has 0 spiro atoms. The van der Waals surface area contributed by atoms with E-state index in [2.05, 4.69) is 4.98 Å². The zero-order valence-corrected chi connectivity index (χ0v) is 12.4. The molecule has 0 aromatic carbocycles. The Balaban J connectivity index is 3.19. The summed E-state index contributed by atoms with van der Waals surface area (Å²) >= 11 is 0.949. The molecule has 1 N–H and O–H groups in total. The van der Waals surface area contributed by atoms with Crippen molar-refractivity contribution in [1.82, 2.24) is 9.88 Å². The van der Waals surface area contributed by atoms with E-state index in [1.54, 1.807) is 25.9 Å². The summed E-state index contributed by atoms with van der Waals surface area (Å²) in [7, 11) is 4.75. The number of rotatable bonds is 4. The highest BCUT2D eigenvalue weighted by molar-refractivity contribution is 7.18. The summed E-state index contributed by atoms with van der Waals surface area (Å²) in [4.78, 5) is 29.9. The predicted molar refractivity (Wildman–Crippen MR) is 75.0 cm³/mol. The van der Waals surface area contributed by atoms with Gasteiger partial charge in [0.2, 0.25) is 5.78 Å². The summed E-state index contributed by atoms with van der Waals surface area (Å²) in [5.74, 6) is -0.457. The molecule has 1 amide bonds. The van der Waals surface area contributed by atoms with Crippen molar-refractivity contribution < 1.29 is 14.7 Å². The van der Waals surface area contributed by atoms with Gasteiger partial charge in [0.05, 0.1) is 5.69 Å². The lowest BCUT2D eigenvalue weighted by Crippen LogP contribution is -2.23. The van der Waals surface area contributed by atoms with E-state index < -0.39 is 11.9 Å². The molecule has 1 heterocycles. The third-order valence-electron chi connectivity index (χ3n) is 2.32. The highest BCUT2D eigenvalue weighted by Gasteiger charge is 2.22. The minimum absolute atomic E-state index is 0.0220. The van der Waals surface area contributed by atoms with Crippen molar-refractivity contribution in [3.8, 4) is 6.07 Å². The lowest BCUT2D eigenvalue weighted by atomic mass is 10.1. The minimum atomic E-state index is -1.16. The van der Waals surface area contributed by atoms with Crippen LogP contribution < -0.4 is 4.90 Å². The quantitative estimate of drug-likeness (QED) is 0.516. The van der Waals surface area contributed by atoms with Gasteiger partial charge in [-0.1, -0.05) is 11.3 Å². The average Bonchev–Trinajstić information content (AvgIpc) is 2.75. The van der Waals surface area contributed by atoms with Gasteiger partial charge in [-0.3, -0.25) is 9.69 Å². The molecule has 7 nitrogen and oxygen atoms in total. The number of carbonyl (C=O) groups is 2. The number of aromatic nitrogens is 1. The van der Waals surface area contributed by atoms with Gasteiger partial charge in [0.1, 0.15) is 16.5 Å². The Bertz CT molecular complexity index is 613. The van der Waals surface area contributed by atoms with E-state index >= 15 is 0 Å². The average molecular weight is 294 g/mol. The highest BCUT2D eigenvalue weighted by Crippen LogP contribution is 2.27. The van der Waals surface area contributed by atoms with Crippen molar-refractivity contribution in [2.75, 3.05) is 26.0 Å². The van der Waals surface area contributed by atoms with Crippen LogP contribution >= 0.6 is 11.3 Å². The second-order valence-corrected chi connectivity index (χ2v) is 5.18. The van der Waals surface area contributed by atoms with E-state index in [0.717, 1.165) is 16.2 Å². The van der Waals surface area contributed by atoms with Crippen LogP contribution in [0.15, 0.2) is 11.8 Å². The molecule has 20 heavy (non-hydrogen) atoms. The van der Waals surface area contributed by atoms with Crippen LogP contribution in [0.5, 0.6) is 0 Å². The van der Waals surface area contributed by atoms with E-state index in [9.17, 15) is 9.59 Å². The molecule has 0 saturated heterocycles. The molecule has 0 radical (unpaired) electrons. The summed E-state index contributed by atoms with van der Waals surface area (Å²) < 4.78 is 0. The van der Waals surface area contributed by atoms with Gasteiger partial charge in [-0.25, -0.2) is 9.78 Å². The van der Waals surface area contributed by atoms with E-state index in [1.165, 1.54) is 13.2 Å². The Morgan fingerprint density at radius 1 is 1.40 bits per heavy atom. The number of thiazole rings is 1. The molecule has 0 saturated carbocycles. The van der Waals surface area contributed by atoms with Crippen LogP contribution in [0.4, 0.5) is 9.93 Å². The van der Waals surface area contributed by atoms with Crippen molar-refractivity contribution in [2.24, 2.45) is 0 Å². The number of hydrogen-bond acceptors (Lipinski definition) is 6. The second-order valence-electron chi connectivity index (χ2n) is 4.20. The lowest BCUT2D eigenvalue weighted by Gasteiger charge is -2.07. The summed E-state index contributed by atoms with van der Waals surface area (Å²) in [6, 6.07) is 1.84. The molecule has 1 aromatic heterocycles. The molecule has 0 aliphatic heterocycles. The summed E-state index contributed by atoms with van der Waals surface area (Å²) in [5.41, 5.74) is 0.384. The largest absolute Gasteiger partial charge is 0.465 e. The number of carboxylic acid groups (broad SMARTS) is 1. The number of carbonyl (C=O) groups excluding carboxylic acids is 1. The van der Waals surface area contributed by atoms with E-state index in [1.807, 2.05) is 6.07 Å². The van der Waals surface area contributed by atoms with Crippen LogP contribution in [0.25, 0.3) is 0 Å². The fourth-order valence-corrected chi connectivity index (χ4v) is 2.31. The number of anilines is 1. The third kappa shape index (κ3) is 3.33. The highest BCUT2D eigenvalue weighted by atomic mass is 32.1. The van der Waals surface area contributed by atoms with Crippen LogP contribution in [0, 0.1) is 18.3 Å². The van der Waals surface area contributed by atoms with Crippen LogP contribution in [0.1, 0.15) is 15.4 Å². The molecule has 0 aliphatic carbocycles. The monoisotopic (exact) mass is 294 g/mol. The smallest absolute Gasteiger partial charge is 0.413 e. The maximum absolute atomic E-state index is 12.2. The molecular weight excluding hydrogens is 280 g/mol. The van der Waals surface area contributed by atoms with Gasteiger partial charge in [-0.15, -0.1) is 0 Å². The number of aryl methyl sites for hydroxylation is 1. The van der Waals surface area contributed by atoms with Crippen LogP contribution in [0.3, 0.4) is 0 Å². The van der Waals surface area contributed by atoms with Gasteiger partial charge >= 0.3 is 6.09 Å². The first-order valence-corrected chi connectivity index (χ1v) is 6.36. The number of allylic oxidation sites excluding steroid dienone is 1. The van der Waals surface area contributed by atoms with Crippen molar-refractivity contribution in [1.29, 1.82) is 5.26 Å².